The number of unbranched alkanes of at least 4 members (excludes halogenated alkanes) is 4. The molecule has 1 amide bonds. The molecule has 0 saturated carbocycles. The first-order valence-corrected chi connectivity index (χ1v) is 12.9. The Bertz CT molecular complexity index is 898. The number of ether oxygens (including phenoxy) is 2. The van der Waals surface area contributed by atoms with E-state index in [0.717, 1.165) is 37.5 Å². The normalized spacial score (nSPS) is 19.8. The number of carbonyl (C=O) groups is 1. The lowest BCUT2D eigenvalue weighted by molar-refractivity contribution is -0.0440. The van der Waals surface area contributed by atoms with E-state index in [9.17, 15) is 13.2 Å². The van der Waals surface area contributed by atoms with Crippen molar-refractivity contribution in [1.29, 1.82) is 0 Å². The summed E-state index contributed by atoms with van der Waals surface area (Å²) in [6.07, 6.45) is 3.01. The zero-order chi connectivity index (χ0) is 23.8. The van der Waals surface area contributed by atoms with Crippen molar-refractivity contribution in [2.45, 2.75) is 83.8 Å². The SMILES string of the molecule is CCCCCCC#C[C@H](OS(C)(=O)=O)[C@H]1OC[C@@H](c2ccccc2)N1C(=O)OC(C)(C)C. The van der Waals surface area contributed by atoms with Crippen molar-refractivity contribution in [3.8, 4) is 11.8 Å². The van der Waals surface area contributed by atoms with Crippen molar-refractivity contribution in [2.75, 3.05) is 12.9 Å². The van der Waals surface area contributed by atoms with Gasteiger partial charge in [0.25, 0.3) is 10.1 Å². The first-order valence-electron chi connectivity index (χ1n) is 11.1. The van der Waals surface area contributed by atoms with Crippen molar-refractivity contribution in [3.63, 3.8) is 0 Å². The largest absolute Gasteiger partial charge is 0.444 e. The second-order valence-corrected chi connectivity index (χ2v) is 10.5. The monoisotopic (exact) mass is 465 g/mol. The van der Waals surface area contributed by atoms with Gasteiger partial charge in [0.15, 0.2) is 12.3 Å². The summed E-state index contributed by atoms with van der Waals surface area (Å²) < 4.78 is 40.7. The average molecular weight is 466 g/mol. The summed E-state index contributed by atoms with van der Waals surface area (Å²) in [6.45, 7) is 7.63. The van der Waals surface area contributed by atoms with E-state index in [0.29, 0.717) is 6.42 Å². The molecule has 3 atom stereocenters. The van der Waals surface area contributed by atoms with Gasteiger partial charge in [-0.3, -0.25) is 4.90 Å². The van der Waals surface area contributed by atoms with Crippen LogP contribution in [0.1, 0.15) is 71.4 Å². The third-order valence-corrected chi connectivity index (χ3v) is 5.32. The topological polar surface area (TPSA) is 82.1 Å². The second kappa shape index (κ2) is 11.7. The number of carbonyl (C=O) groups excluding carboxylic acids is 1. The van der Waals surface area contributed by atoms with Crippen LogP contribution in [0.3, 0.4) is 0 Å². The highest BCUT2D eigenvalue weighted by molar-refractivity contribution is 7.86. The fourth-order valence-corrected chi connectivity index (χ4v) is 3.90. The molecule has 0 spiro atoms. The first kappa shape index (κ1) is 26.2. The lowest BCUT2D eigenvalue weighted by Gasteiger charge is -2.32. The lowest BCUT2D eigenvalue weighted by Crippen LogP contribution is -2.47. The molecular weight excluding hydrogens is 430 g/mol. The van der Waals surface area contributed by atoms with E-state index in [2.05, 4.69) is 18.8 Å². The smallest absolute Gasteiger partial charge is 0.413 e. The third kappa shape index (κ3) is 8.45. The van der Waals surface area contributed by atoms with Crippen LogP contribution in [0.4, 0.5) is 4.79 Å². The van der Waals surface area contributed by atoms with Crippen LogP contribution in [0.25, 0.3) is 0 Å². The van der Waals surface area contributed by atoms with Gasteiger partial charge in [0.2, 0.25) is 0 Å². The molecule has 0 aromatic heterocycles. The van der Waals surface area contributed by atoms with Gasteiger partial charge in [0.05, 0.1) is 18.9 Å². The van der Waals surface area contributed by atoms with Crippen LogP contribution in [0, 0.1) is 11.8 Å². The molecular formula is C24H35NO6S. The Morgan fingerprint density at radius 2 is 1.91 bits per heavy atom. The summed E-state index contributed by atoms with van der Waals surface area (Å²) in [7, 11) is -3.84. The van der Waals surface area contributed by atoms with E-state index in [4.69, 9.17) is 13.7 Å². The molecule has 1 aliphatic rings. The molecule has 1 aromatic rings. The van der Waals surface area contributed by atoms with Crippen molar-refractivity contribution in [2.24, 2.45) is 0 Å². The maximum atomic E-state index is 13.1. The highest BCUT2D eigenvalue weighted by Gasteiger charge is 2.45. The van der Waals surface area contributed by atoms with Crippen molar-refractivity contribution in [1.82, 2.24) is 4.90 Å². The predicted molar refractivity (Wildman–Crippen MR) is 123 cm³/mol. The molecule has 1 aromatic carbocycles. The molecule has 1 heterocycles. The van der Waals surface area contributed by atoms with E-state index >= 15 is 0 Å². The summed E-state index contributed by atoms with van der Waals surface area (Å²) in [5.41, 5.74) is 0.121. The Labute approximate surface area is 192 Å². The van der Waals surface area contributed by atoms with Gasteiger partial charge in [0.1, 0.15) is 5.60 Å². The number of hydrogen-bond acceptors (Lipinski definition) is 6. The van der Waals surface area contributed by atoms with Crippen LogP contribution >= 0.6 is 0 Å². The van der Waals surface area contributed by atoms with Gasteiger partial charge in [0, 0.05) is 6.42 Å². The van der Waals surface area contributed by atoms with Gasteiger partial charge in [-0.15, -0.1) is 5.92 Å². The molecule has 1 aliphatic heterocycles. The van der Waals surface area contributed by atoms with E-state index < -0.39 is 40.2 Å². The molecule has 178 valence electrons. The van der Waals surface area contributed by atoms with Crippen LogP contribution in [-0.4, -0.2) is 50.2 Å². The maximum absolute atomic E-state index is 13.1. The van der Waals surface area contributed by atoms with E-state index in [1.54, 1.807) is 20.8 Å². The van der Waals surface area contributed by atoms with E-state index in [-0.39, 0.29) is 6.61 Å². The summed E-state index contributed by atoms with van der Waals surface area (Å²) in [6, 6.07) is 8.95. The molecule has 0 aliphatic carbocycles. The molecule has 2 rings (SSSR count). The number of nitrogens with zero attached hydrogens (tertiary/aromatic N) is 1. The second-order valence-electron chi connectivity index (χ2n) is 8.89. The lowest BCUT2D eigenvalue weighted by atomic mass is 10.1. The molecule has 1 fully saturated rings. The van der Waals surface area contributed by atoms with Crippen LogP contribution in [0.15, 0.2) is 30.3 Å². The number of amides is 1. The standard InChI is InChI=1S/C24H35NO6S/c1-6-7-8-9-10-14-17-21(31-32(5,27)28)22-25(23(26)30-24(2,3)4)20(18-29-22)19-15-12-11-13-16-19/h11-13,15-16,20-22H,6-10,18H2,1-5H3/t20-,21-,22+/m0/s1. The van der Waals surface area contributed by atoms with Gasteiger partial charge in [-0.1, -0.05) is 62.4 Å². The molecule has 32 heavy (non-hydrogen) atoms. The first-order chi connectivity index (χ1) is 15.0. The van der Waals surface area contributed by atoms with Gasteiger partial charge in [-0.05, 0) is 32.8 Å². The van der Waals surface area contributed by atoms with Crippen molar-refractivity contribution < 1.29 is 26.9 Å². The van der Waals surface area contributed by atoms with Crippen LogP contribution < -0.4 is 0 Å². The van der Waals surface area contributed by atoms with E-state index in [1.807, 2.05) is 30.3 Å². The van der Waals surface area contributed by atoms with Crippen molar-refractivity contribution in [3.05, 3.63) is 35.9 Å². The predicted octanol–water partition coefficient (Wildman–Crippen LogP) is 4.64. The van der Waals surface area contributed by atoms with E-state index in [1.165, 1.54) is 4.90 Å². The Hall–Kier alpha value is -2.08. The third-order valence-electron chi connectivity index (χ3n) is 4.76. The number of benzene rings is 1. The zero-order valence-corrected chi connectivity index (χ0v) is 20.5. The Morgan fingerprint density at radius 3 is 2.50 bits per heavy atom. The Morgan fingerprint density at radius 1 is 1.22 bits per heavy atom. The van der Waals surface area contributed by atoms with Gasteiger partial charge >= 0.3 is 6.09 Å². The van der Waals surface area contributed by atoms with Crippen molar-refractivity contribution >= 4 is 16.2 Å². The highest BCUT2D eigenvalue weighted by atomic mass is 32.2. The molecule has 0 N–H and O–H groups in total. The quantitative estimate of drug-likeness (QED) is 0.316. The summed E-state index contributed by atoms with van der Waals surface area (Å²) in [5, 5.41) is 0. The molecule has 1 saturated heterocycles. The molecule has 8 heteroatoms. The minimum Gasteiger partial charge on any atom is -0.444 e. The van der Waals surface area contributed by atoms with Gasteiger partial charge in [-0.25, -0.2) is 8.98 Å². The minimum absolute atomic E-state index is 0.176. The fourth-order valence-electron chi connectivity index (χ4n) is 3.38. The fraction of sp³-hybridized carbons (Fsp3) is 0.625. The maximum Gasteiger partial charge on any atom is 0.413 e. The van der Waals surface area contributed by atoms with Crippen LogP contribution in [0.2, 0.25) is 0 Å². The summed E-state index contributed by atoms with van der Waals surface area (Å²) in [5.74, 6) is 5.90. The van der Waals surface area contributed by atoms with Gasteiger partial charge < -0.3 is 9.47 Å². The number of rotatable bonds is 8. The Kier molecular flexibility index (Phi) is 9.56. The van der Waals surface area contributed by atoms with Crippen LogP contribution in [-0.2, 0) is 23.8 Å². The summed E-state index contributed by atoms with van der Waals surface area (Å²) >= 11 is 0. The minimum atomic E-state index is -3.84. The average Bonchev–Trinajstić information content (AvgIpc) is 3.13. The molecule has 7 nitrogen and oxygen atoms in total. The molecule has 0 radical (unpaired) electrons. The van der Waals surface area contributed by atoms with Crippen LogP contribution in [0.5, 0.6) is 0 Å². The molecule has 0 bridgehead atoms. The zero-order valence-electron chi connectivity index (χ0n) is 19.7. The van der Waals surface area contributed by atoms with Gasteiger partial charge in [-0.2, -0.15) is 8.42 Å². The highest BCUT2D eigenvalue weighted by Crippen LogP contribution is 2.34. The number of hydrogen-bond donors (Lipinski definition) is 0. The Balaban J connectivity index is 2.33. The molecule has 0 unspecified atom stereocenters. The summed E-state index contributed by atoms with van der Waals surface area (Å²) in [4.78, 5) is 14.5.